The third kappa shape index (κ3) is 5.67. The van der Waals surface area contributed by atoms with Gasteiger partial charge in [-0.15, -0.1) is 0 Å². The van der Waals surface area contributed by atoms with Gasteiger partial charge in [-0.3, -0.25) is 4.90 Å². The van der Waals surface area contributed by atoms with Gasteiger partial charge in [-0.2, -0.15) is 0 Å². The molecule has 1 aliphatic heterocycles. The highest BCUT2D eigenvalue weighted by Crippen LogP contribution is 2.25. The molecule has 0 saturated carbocycles. The largest absolute Gasteiger partial charge is 0.494 e. The van der Waals surface area contributed by atoms with E-state index in [1.165, 1.54) is 5.56 Å². The molecular weight excluding hydrogens is 370 g/mol. The molecule has 1 saturated heterocycles. The minimum absolute atomic E-state index is 0.142. The Kier molecular flexibility index (Phi) is 7.65. The van der Waals surface area contributed by atoms with Crippen LogP contribution in [0.2, 0.25) is 0 Å². The van der Waals surface area contributed by atoms with Gasteiger partial charge in [0.05, 0.1) is 25.9 Å². The molecule has 150 valence electrons. The van der Waals surface area contributed by atoms with E-state index in [2.05, 4.69) is 52.8 Å². The molecule has 6 heteroatoms. The van der Waals surface area contributed by atoms with Crippen molar-refractivity contribution in [1.29, 1.82) is 0 Å². The first-order valence-electron chi connectivity index (χ1n) is 9.84. The first-order chi connectivity index (χ1) is 13.7. The molecule has 2 N–H and O–H groups in total. The van der Waals surface area contributed by atoms with E-state index < -0.39 is 0 Å². The average molecular weight is 400 g/mol. The van der Waals surface area contributed by atoms with E-state index in [4.69, 9.17) is 21.7 Å². The highest BCUT2D eigenvalue weighted by molar-refractivity contribution is 7.80. The summed E-state index contributed by atoms with van der Waals surface area (Å²) >= 11 is 5.57. The molecule has 1 fully saturated rings. The zero-order valence-corrected chi connectivity index (χ0v) is 17.4. The Morgan fingerprint density at radius 2 is 1.79 bits per heavy atom. The van der Waals surface area contributed by atoms with E-state index >= 15 is 0 Å². The van der Waals surface area contributed by atoms with Gasteiger partial charge in [0.15, 0.2) is 5.11 Å². The van der Waals surface area contributed by atoms with Gasteiger partial charge in [-0.05, 0) is 55.9 Å². The number of rotatable bonds is 7. The second-order valence-corrected chi connectivity index (χ2v) is 7.26. The van der Waals surface area contributed by atoms with Gasteiger partial charge in [0.1, 0.15) is 5.75 Å². The fourth-order valence-electron chi connectivity index (χ4n) is 3.58. The fraction of sp³-hybridized carbons (Fsp3) is 0.409. The lowest BCUT2D eigenvalue weighted by atomic mass is 9.98. The van der Waals surface area contributed by atoms with Crippen LogP contribution >= 0.6 is 12.2 Å². The topological polar surface area (TPSA) is 45.8 Å². The van der Waals surface area contributed by atoms with Crippen molar-refractivity contribution in [3.05, 3.63) is 60.2 Å². The maximum atomic E-state index is 5.57. The van der Waals surface area contributed by atoms with Gasteiger partial charge in [-0.25, -0.2) is 0 Å². The summed E-state index contributed by atoms with van der Waals surface area (Å²) in [5.41, 5.74) is 2.23. The van der Waals surface area contributed by atoms with Crippen molar-refractivity contribution in [2.75, 3.05) is 38.2 Å². The minimum atomic E-state index is 0.142. The lowest BCUT2D eigenvalue weighted by Crippen LogP contribution is -2.49. The third-order valence-corrected chi connectivity index (χ3v) is 5.06. The molecule has 0 spiro atoms. The van der Waals surface area contributed by atoms with Crippen LogP contribution in [0.25, 0.3) is 0 Å². The molecule has 3 rings (SSSR count). The van der Waals surface area contributed by atoms with Crippen LogP contribution in [0, 0.1) is 0 Å². The number of benzene rings is 2. The van der Waals surface area contributed by atoms with Crippen molar-refractivity contribution in [3.8, 4) is 5.75 Å². The van der Waals surface area contributed by atoms with Crippen LogP contribution in [0.4, 0.5) is 5.69 Å². The number of ether oxygens (including phenoxy) is 2. The molecule has 0 unspecified atom stereocenters. The van der Waals surface area contributed by atoms with Crippen LogP contribution in [0.3, 0.4) is 0 Å². The lowest BCUT2D eigenvalue weighted by molar-refractivity contribution is 0.0102. The Labute approximate surface area is 173 Å². The minimum Gasteiger partial charge on any atom is -0.494 e. The van der Waals surface area contributed by atoms with Crippen LogP contribution in [-0.2, 0) is 4.74 Å². The van der Waals surface area contributed by atoms with Crippen LogP contribution < -0.4 is 15.4 Å². The van der Waals surface area contributed by atoms with Crippen molar-refractivity contribution in [2.45, 2.75) is 25.9 Å². The summed E-state index contributed by atoms with van der Waals surface area (Å²) in [6.45, 7) is 8.20. The number of morpholine rings is 1. The highest BCUT2D eigenvalue weighted by atomic mass is 32.1. The van der Waals surface area contributed by atoms with Crippen molar-refractivity contribution in [2.24, 2.45) is 0 Å². The molecule has 1 heterocycles. The number of hydrogen-bond donors (Lipinski definition) is 2. The maximum absolute atomic E-state index is 5.57. The second kappa shape index (κ2) is 10.4. The standard InChI is InChI=1S/C22H29N3O2S/c1-3-27-20-11-9-19(10-12-20)24-22(28)23-17(2)21(18-7-5-4-6-8-18)25-13-15-26-16-14-25/h4-12,17,21H,3,13-16H2,1-2H3,(H2,23,24,28)/t17-,21-/m1/s1. The van der Waals surface area contributed by atoms with Crippen molar-refractivity contribution in [1.82, 2.24) is 10.2 Å². The predicted molar refractivity (Wildman–Crippen MR) is 118 cm³/mol. The SMILES string of the molecule is CCOc1ccc(NC(=S)N[C@H](C)[C@H](c2ccccc2)N2CCOCC2)cc1. The van der Waals surface area contributed by atoms with E-state index in [9.17, 15) is 0 Å². The summed E-state index contributed by atoms with van der Waals surface area (Å²) in [5, 5.41) is 7.36. The van der Waals surface area contributed by atoms with Gasteiger partial charge < -0.3 is 20.1 Å². The smallest absolute Gasteiger partial charge is 0.171 e. The summed E-state index contributed by atoms with van der Waals surface area (Å²) in [5.74, 6) is 0.858. The molecule has 0 aliphatic carbocycles. The van der Waals surface area contributed by atoms with Gasteiger partial charge in [0, 0.05) is 24.8 Å². The zero-order chi connectivity index (χ0) is 19.8. The second-order valence-electron chi connectivity index (χ2n) is 6.85. The summed E-state index contributed by atoms with van der Waals surface area (Å²) < 4.78 is 11.0. The molecule has 0 bridgehead atoms. The fourth-order valence-corrected chi connectivity index (χ4v) is 3.88. The number of nitrogens with one attached hydrogen (secondary N) is 2. The Morgan fingerprint density at radius 1 is 1.11 bits per heavy atom. The predicted octanol–water partition coefficient (Wildman–Crippen LogP) is 3.83. The maximum Gasteiger partial charge on any atom is 0.171 e. The van der Waals surface area contributed by atoms with E-state index in [1.807, 2.05) is 31.2 Å². The normalized spacial score (nSPS) is 16.8. The molecule has 0 amide bonds. The van der Waals surface area contributed by atoms with Crippen LogP contribution in [0.15, 0.2) is 54.6 Å². The van der Waals surface area contributed by atoms with E-state index in [1.54, 1.807) is 0 Å². The summed E-state index contributed by atoms with van der Waals surface area (Å²) in [7, 11) is 0. The van der Waals surface area contributed by atoms with E-state index in [0.29, 0.717) is 11.7 Å². The molecule has 5 nitrogen and oxygen atoms in total. The zero-order valence-electron chi connectivity index (χ0n) is 16.6. The first-order valence-corrected chi connectivity index (χ1v) is 10.3. The van der Waals surface area contributed by atoms with Crippen LogP contribution in [-0.4, -0.2) is 49.0 Å². The third-order valence-electron chi connectivity index (χ3n) is 4.84. The Balaban J connectivity index is 1.65. The van der Waals surface area contributed by atoms with Crippen LogP contribution in [0.5, 0.6) is 5.75 Å². The van der Waals surface area contributed by atoms with Crippen molar-refractivity contribution in [3.63, 3.8) is 0 Å². The average Bonchev–Trinajstić information content (AvgIpc) is 2.71. The molecule has 1 aliphatic rings. The van der Waals surface area contributed by atoms with E-state index in [-0.39, 0.29) is 12.1 Å². The first kappa shape index (κ1) is 20.6. The molecule has 28 heavy (non-hydrogen) atoms. The van der Waals surface area contributed by atoms with Gasteiger partial charge in [0.25, 0.3) is 0 Å². The number of anilines is 1. The molecule has 2 atom stereocenters. The summed E-state index contributed by atoms with van der Waals surface area (Å²) in [6, 6.07) is 18.8. The number of thiocarbonyl (C=S) groups is 1. The summed E-state index contributed by atoms with van der Waals surface area (Å²) in [6.07, 6.45) is 0. The Bertz CT molecular complexity index is 733. The van der Waals surface area contributed by atoms with Crippen molar-refractivity contribution < 1.29 is 9.47 Å². The lowest BCUT2D eigenvalue weighted by Gasteiger charge is -2.38. The quantitative estimate of drug-likeness (QED) is 0.690. The Hall–Kier alpha value is -2.15. The summed E-state index contributed by atoms with van der Waals surface area (Å²) in [4.78, 5) is 2.47. The van der Waals surface area contributed by atoms with Gasteiger partial charge in [0.2, 0.25) is 0 Å². The van der Waals surface area contributed by atoms with Crippen LogP contribution in [0.1, 0.15) is 25.5 Å². The highest BCUT2D eigenvalue weighted by Gasteiger charge is 2.28. The van der Waals surface area contributed by atoms with E-state index in [0.717, 1.165) is 37.7 Å². The molecule has 0 aromatic heterocycles. The van der Waals surface area contributed by atoms with Crippen molar-refractivity contribution >= 4 is 23.0 Å². The molecule has 2 aromatic carbocycles. The van der Waals surface area contributed by atoms with Gasteiger partial charge in [-0.1, -0.05) is 30.3 Å². The van der Waals surface area contributed by atoms with Gasteiger partial charge >= 0.3 is 0 Å². The molecule has 0 radical (unpaired) electrons. The molecular formula is C22H29N3O2S. The Morgan fingerprint density at radius 3 is 2.43 bits per heavy atom. The number of nitrogens with zero attached hydrogens (tertiary/aromatic N) is 1. The monoisotopic (exact) mass is 399 g/mol. The number of hydrogen-bond acceptors (Lipinski definition) is 4. The molecule has 2 aromatic rings.